The monoisotopic (exact) mass is 408 g/mol. The third-order valence-electron chi connectivity index (χ3n) is 2.64. The number of nitrogens with zero attached hydrogens (tertiary/aromatic N) is 2. The Labute approximate surface area is 143 Å². The fourth-order valence-corrected chi connectivity index (χ4v) is 2.44. The molecule has 1 heterocycles. The highest BCUT2D eigenvalue weighted by atomic mass is 127. The Morgan fingerprint density at radius 1 is 1.40 bits per heavy atom. The summed E-state index contributed by atoms with van der Waals surface area (Å²) in [7, 11) is 1.80. The number of rotatable bonds is 7. The molecule has 0 fully saturated rings. The van der Waals surface area contributed by atoms with Crippen molar-refractivity contribution in [2.24, 2.45) is 4.99 Å². The van der Waals surface area contributed by atoms with Crippen LogP contribution < -0.4 is 10.6 Å². The summed E-state index contributed by atoms with van der Waals surface area (Å²) >= 11 is 1.80. The van der Waals surface area contributed by atoms with Gasteiger partial charge in [-0.1, -0.05) is 19.1 Å². The Balaban J connectivity index is 0.00000361. The lowest BCUT2D eigenvalue weighted by molar-refractivity contribution is 0.789. The molecule has 20 heavy (non-hydrogen) atoms. The average molecular weight is 408 g/mol. The van der Waals surface area contributed by atoms with Gasteiger partial charge in [-0.05, 0) is 19.8 Å². The van der Waals surface area contributed by atoms with Crippen LogP contribution in [-0.4, -0.2) is 31.1 Å². The second-order valence-electron chi connectivity index (χ2n) is 4.11. The third-order valence-corrected chi connectivity index (χ3v) is 3.85. The van der Waals surface area contributed by atoms with Gasteiger partial charge >= 0.3 is 0 Å². The Morgan fingerprint density at radius 2 is 2.15 bits per heavy atom. The van der Waals surface area contributed by atoms with Gasteiger partial charge in [-0.15, -0.1) is 35.3 Å². The van der Waals surface area contributed by atoms with Gasteiger partial charge in [0, 0.05) is 37.6 Å². The van der Waals surface area contributed by atoms with Crippen LogP contribution in [0.25, 0.3) is 0 Å². The number of aliphatic imine (C=N–C) groups is 1. The van der Waals surface area contributed by atoms with E-state index in [9.17, 15) is 0 Å². The molecule has 0 saturated heterocycles. The van der Waals surface area contributed by atoms with Crippen LogP contribution in [0, 0.1) is 0 Å². The lowest BCUT2D eigenvalue weighted by atomic mass is 10.4. The predicted octanol–water partition coefficient (Wildman–Crippen LogP) is 3.00. The van der Waals surface area contributed by atoms with E-state index in [1.54, 1.807) is 18.4 Å². The van der Waals surface area contributed by atoms with Crippen molar-refractivity contribution in [3.8, 4) is 0 Å². The first kappa shape index (κ1) is 19.4. The number of allylic oxidation sites excluding steroid dienone is 1. The first-order valence-corrected chi connectivity index (χ1v) is 7.61. The van der Waals surface area contributed by atoms with Gasteiger partial charge in [-0.2, -0.15) is 0 Å². The number of aryl methyl sites for hydroxylation is 1. The molecule has 0 saturated carbocycles. The molecule has 0 aliphatic heterocycles. The van der Waals surface area contributed by atoms with Gasteiger partial charge in [0.05, 0.1) is 5.01 Å². The number of halogens is 1. The van der Waals surface area contributed by atoms with E-state index >= 15 is 0 Å². The van der Waals surface area contributed by atoms with Gasteiger partial charge in [-0.25, -0.2) is 4.98 Å². The average Bonchev–Trinajstić information content (AvgIpc) is 2.89. The lowest BCUT2D eigenvalue weighted by Gasteiger charge is -2.10. The van der Waals surface area contributed by atoms with E-state index in [0.717, 1.165) is 38.3 Å². The maximum atomic E-state index is 4.41. The topological polar surface area (TPSA) is 49.3 Å². The highest BCUT2D eigenvalue weighted by Gasteiger charge is 2.01. The van der Waals surface area contributed by atoms with Crippen LogP contribution in [0.15, 0.2) is 23.3 Å². The van der Waals surface area contributed by atoms with Crippen molar-refractivity contribution in [3.05, 3.63) is 28.2 Å². The zero-order chi connectivity index (χ0) is 13.9. The minimum atomic E-state index is 0. The molecule has 1 aromatic rings. The van der Waals surface area contributed by atoms with Gasteiger partial charge in [0.25, 0.3) is 0 Å². The van der Waals surface area contributed by atoms with Crippen molar-refractivity contribution in [2.75, 3.05) is 20.1 Å². The molecule has 0 aliphatic carbocycles. The molecular formula is C14H25IN4S. The van der Waals surface area contributed by atoms with Crippen molar-refractivity contribution >= 4 is 41.3 Å². The zero-order valence-corrected chi connectivity index (χ0v) is 15.6. The molecule has 0 aliphatic rings. The summed E-state index contributed by atoms with van der Waals surface area (Å²) in [6.45, 7) is 5.96. The number of aromatic nitrogens is 1. The first-order chi connectivity index (χ1) is 9.30. The molecule has 114 valence electrons. The summed E-state index contributed by atoms with van der Waals surface area (Å²) in [6.07, 6.45) is 9.21. The molecule has 4 nitrogen and oxygen atoms in total. The van der Waals surface area contributed by atoms with E-state index in [-0.39, 0.29) is 24.0 Å². The van der Waals surface area contributed by atoms with E-state index in [1.165, 1.54) is 9.88 Å². The van der Waals surface area contributed by atoms with Gasteiger partial charge in [0.2, 0.25) is 0 Å². The molecule has 1 rings (SSSR count). The summed E-state index contributed by atoms with van der Waals surface area (Å²) in [5.41, 5.74) is 0. The highest BCUT2D eigenvalue weighted by Crippen LogP contribution is 2.13. The number of guanidine groups is 1. The first-order valence-electron chi connectivity index (χ1n) is 6.79. The Morgan fingerprint density at radius 3 is 2.75 bits per heavy atom. The van der Waals surface area contributed by atoms with Crippen molar-refractivity contribution in [1.82, 2.24) is 15.6 Å². The summed E-state index contributed by atoms with van der Waals surface area (Å²) in [5.74, 6) is 0.858. The second-order valence-corrected chi connectivity index (χ2v) is 5.31. The van der Waals surface area contributed by atoms with Gasteiger partial charge in [-0.3, -0.25) is 4.99 Å². The van der Waals surface area contributed by atoms with E-state index in [1.807, 2.05) is 13.1 Å². The molecule has 2 N–H and O–H groups in total. The smallest absolute Gasteiger partial charge is 0.191 e. The quantitative estimate of drug-likeness (QED) is 0.240. The molecule has 0 amide bonds. The molecule has 0 radical (unpaired) electrons. The Kier molecular flexibility index (Phi) is 11.8. The van der Waals surface area contributed by atoms with Crippen LogP contribution in [0.4, 0.5) is 0 Å². The van der Waals surface area contributed by atoms with Crippen LogP contribution in [0.3, 0.4) is 0 Å². The summed E-state index contributed by atoms with van der Waals surface area (Å²) < 4.78 is 0. The molecule has 0 aromatic carbocycles. The zero-order valence-electron chi connectivity index (χ0n) is 12.5. The maximum Gasteiger partial charge on any atom is 0.191 e. The minimum absolute atomic E-state index is 0. The predicted molar refractivity (Wildman–Crippen MR) is 99.4 cm³/mol. The highest BCUT2D eigenvalue weighted by molar-refractivity contribution is 14.0. The van der Waals surface area contributed by atoms with Crippen molar-refractivity contribution < 1.29 is 0 Å². The molecule has 0 bridgehead atoms. The van der Waals surface area contributed by atoms with Crippen LogP contribution in [-0.2, 0) is 12.8 Å². The third kappa shape index (κ3) is 7.84. The summed E-state index contributed by atoms with van der Waals surface area (Å²) in [6, 6.07) is 0. The molecular weight excluding hydrogens is 383 g/mol. The second kappa shape index (κ2) is 12.1. The standard InChI is InChI=1S/C14H24N4S.HI/c1-4-6-7-9-16-14(15-3)17-10-8-13-18-11-12(5-2)19-13;/h4,6,11H,5,7-10H2,1-3H3,(H2,15,16,17);1H. The fourth-order valence-electron chi connectivity index (χ4n) is 1.58. The van der Waals surface area contributed by atoms with Crippen molar-refractivity contribution in [2.45, 2.75) is 33.1 Å². The Bertz CT molecular complexity index is 415. The number of hydrogen-bond donors (Lipinski definition) is 2. The van der Waals surface area contributed by atoms with Gasteiger partial charge in [0.15, 0.2) is 5.96 Å². The van der Waals surface area contributed by atoms with Crippen molar-refractivity contribution in [3.63, 3.8) is 0 Å². The van der Waals surface area contributed by atoms with Crippen LogP contribution in [0.2, 0.25) is 0 Å². The molecule has 0 atom stereocenters. The largest absolute Gasteiger partial charge is 0.356 e. The minimum Gasteiger partial charge on any atom is -0.356 e. The lowest BCUT2D eigenvalue weighted by Crippen LogP contribution is -2.38. The van der Waals surface area contributed by atoms with Crippen molar-refractivity contribution in [1.29, 1.82) is 0 Å². The number of nitrogens with one attached hydrogen (secondary N) is 2. The van der Waals surface area contributed by atoms with Crippen LogP contribution in [0.5, 0.6) is 0 Å². The van der Waals surface area contributed by atoms with E-state index in [0.29, 0.717) is 0 Å². The van der Waals surface area contributed by atoms with E-state index in [4.69, 9.17) is 0 Å². The summed E-state index contributed by atoms with van der Waals surface area (Å²) in [4.78, 5) is 9.95. The SMILES string of the molecule is CC=CCCNC(=NC)NCCc1ncc(CC)s1.I. The Hall–Kier alpha value is -0.630. The summed E-state index contributed by atoms with van der Waals surface area (Å²) in [5, 5.41) is 7.77. The maximum absolute atomic E-state index is 4.41. The van der Waals surface area contributed by atoms with Gasteiger partial charge in [0.1, 0.15) is 0 Å². The molecule has 6 heteroatoms. The number of hydrogen-bond acceptors (Lipinski definition) is 3. The molecule has 1 aromatic heterocycles. The number of thiazole rings is 1. The molecule has 0 unspecified atom stereocenters. The van der Waals surface area contributed by atoms with Crippen LogP contribution >= 0.6 is 35.3 Å². The van der Waals surface area contributed by atoms with E-state index < -0.39 is 0 Å². The van der Waals surface area contributed by atoms with Gasteiger partial charge < -0.3 is 10.6 Å². The normalized spacial score (nSPS) is 11.4. The molecule has 0 spiro atoms. The fraction of sp³-hybridized carbons (Fsp3) is 0.571. The van der Waals surface area contributed by atoms with Crippen LogP contribution in [0.1, 0.15) is 30.2 Å². The van der Waals surface area contributed by atoms with E-state index in [2.05, 4.69) is 39.7 Å².